The minimum Gasteiger partial charge on any atom is -0.480 e. The van der Waals surface area contributed by atoms with Gasteiger partial charge in [-0.05, 0) is 22.3 Å². The lowest BCUT2D eigenvalue weighted by atomic mass is 9.98. The molecule has 140 valence electrons. The number of aliphatic carboxylic acids is 1. The molecule has 0 heterocycles. The molecular formula is C19H18N2O5S. The first kappa shape index (κ1) is 18.8. The summed E-state index contributed by atoms with van der Waals surface area (Å²) in [6, 6.07) is 14.5. The molecule has 4 N–H and O–H groups in total. The molecule has 3 rings (SSSR count). The number of carbonyl (C=O) groups excluding carboxylic acids is 2. The van der Waals surface area contributed by atoms with Gasteiger partial charge in [-0.3, -0.25) is 4.79 Å². The van der Waals surface area contributed by atoms with Crippen molar-refractivity contribution < 1.29 is 24.2 Å². The number of amides is 2. The summed E-state index contributed by atoms with van der Waals surface area (Å²) >= 11 is 0.622. The third kappa shape index (κ3) is 4.22. The van der Waals surface area contributed by atoms with E-state index < -0.39 is 23.3 Å². The Hall–Kier alpha value is -3.00. The van der Waals surface area contributed by atoms with Gasteiger partial charge in [0.2, 0.25) is 0 Å². The van der Waals surface area contributed by atoms with E-state index in [1.807, 2.05) is 48.5 Å². The number of primary amides is 1. The van der Waals surface area contributed by atoms with E-state index in [0.717, 1.165) is 22.3 Å². The third-order valence-corrected chi connectivity index (χ3v) is 5.11. The fourth-order valence-electron chi connectivity index (χ4n) is 3.12. The topological polar surface area (TPSA) is 119 Å². The van der Waals surface area contributed by atoms with Gasteiger partial charge in [-0.1, -0.05) is 60.3 Å². The summed E-state index contributed by atoms with van der Waals surface area (Å²) in [6.45, 7) is 0.0785. The van der Waals surface area contributed by atoms with Crippen molar-refractivity contribution in [3.8, 4) is 11.1 Å². The van der Waals surface area contributed by atoms with Crippen LogP contribution in [0.2, 0.25) is 0 Å². The SMILES string of the molecule is NC(=O)SC[C@H](NC(=O)OCC1c2ccccc2-c2ccccc21)C(=O)O. The number of carbonyl (C=O) groups is 3. The number of carboxylic acids is 1. The first-order valence-corrected chi connectivity index (χ1v) is 9.22. The maximum Gasteiger partial charge on any atom is 0.407 e. The first-order chi connectivity index (χ1) is 13.0. The number of rotatable bonds is 6. The van der Waals surface area contributed by atoms with Crippen molar-refractivity contribution in [1.82, 2.24) is 5.32 Å². The fourth-order valence-corrected chi connectivity index (χ4v) is 3.68. The Morgan fingerprint density at radius 1 is 1.07 bits per heavy atom. The Bertz CT molecular complexity index is 840. The second-order valence-corrected chi connectivity index (χ2v) is 7.02. The summed E-state index contributed by atoms with van der Waals surface area (Å²) in [7, 11) is 0. The summed E-state index contributed by atoms with van der Waals surface area (Å²) in [5, 5.41) is 10.7. The summed E-state index contributed by atoms with van der Waals surface area (Å²) in [5.74, 6) is -1.56. The van der Waals surface area contributed by atoms with Gasteiger partial charge in [0.1, 0.15) is 12.6 Å². The minimum atomic E-state index is -1.27. The molecule has 1 aliphatic carbocycles. The Morgan fingerprint density at radius 2 is 1.63 bits per heavy atom. The average Bonchev–Trinajstić information content (AvgIpc) is 2.97. The van der Waals surface area contributed by atoms with Crippen LogP contribution < -0.4 is 11.1 Å². The monoisotopic (exact) mass is 386 g/mol. The Morgan fingerprint density at radius 3 is 2.15 bits per heavy atom. The number of carboxylic acid groups (broad SMARTS) is 1. The fraction of sp³-hybridized carbons (Fsp3) is 0.211. The van der Waals surface area contributed by atoms with Crippen molar-refractivity contribution in [2.75, 3.05) is 12.4 Å². The van der Waals surface area contributed by atoms with Gasteiger partial charge in [0.05, 0.1) is 0 Å². The number of hydrogen-bond donors (Lipinski definition) is 3. The van der Waals surface area contributed by atoms with E-state index in [1.165, 1.54) is 0 Å². The van der Waals surface area contributed by atoms with Crippen LogP contribution >= 0.6 is 11.8 Å². The maximum absolute atomic E-state index is 12.1. The lowest BCUT2D eigenvalue weighted by Gasteiger charge is -2.17. The van der Waals surface area contributed by atoms with E-state index in [0.29, 0.717) is 11.8 Å². The van der Waals surface area contributed by atoms with Gasteiger partial charge >= 0.3 is 12.1 Å². The Labute approximate surface area is 159 Å². The first-order valence-electron chi connectivity index (χ1n) is 8.24. The molecule has 1 aliphatic rings. The smallest absolute Gasteiger partial charge is 0.407 e. The largest absolute Gasteiger partial charge is 0.480 e. The van der Waals surface area contributed by atoms with Gasteiger partial charge in [-0.15, -0.1) is 0 Å². The molecule has 0 saturated heterocycles. The average molecular weight is 386 g/mol. The van der Waals surface area contributed by atoms with Crippen molar-refractivity contribution in [3.63, 3.8) is 0 Å². The summed E-state index contributed by atoms with van der Waals surface area (Å²) in [5.41, 5.74) is 9.31. The maximum atomic E-state index is 12.1. The normalized spacial score (nSPS) is 13.3. The molecule has 0 radical (unpaired) electrons. The standard InChI is InChI=1S/C19H18N2O5S/c20-18(24)27-10-16(17(22)23)21-19(25)26-9-15-13-7-3-1-5-11(13)12-6-2-4-8-14(12)15/h1-8,15-16H,9-10H2,(H2,20,24)(H,21,25)(H,22,23)/t16-/m0/s1. The lowest BCUT2D eigenvalue weighted by molar-refractivity contribution is -0.138. The molecule has 2 aromatic carbocycles. The Balaban J connectivity index is 1.67. The number of fused-ring (bicyclic) bond motifs is 3. The van der Waals surface area contributed by atoms with E-state index in [2.05, 4.69) is 5.32 Å². The van der Waals surface area contributed by atoms with E-state index in [9.17, 15) is 14.4 Å². The van der Waals surface area contributed by atoms with Gasteiger partial charge in [0.15, 0.2) is 0 Å². The van der Waals surface area contributed by atoms with Crippen molar-refractivity contribution in [2.45, 2.75) is 12.0 Å². The highest BCUT2D eigenvalue weighted by Crippen LogP contribution is 2.44. The van der Waals surface area contributed by atoms with Crippen LogP contribution in [0.3, 0.4) is 0 Å². The van der Waals surface area contributed by atoms with Crippen molar-refractivity contribution in [2.24, 2.45) is 5.73 Å². The molecule has 1 atom stereocenters. The number of nitrogens with two attached hydrogens (primary N) is 1. The van der Waals surface area contributed by atoms with Crippen LogP contribution in [0.25, 0.3) is 11.1 Å². The summed E-state index contributed by atoms with van der Waals surface area (Å²) in [4.78, 5) is 34.1. The predicted molar refractivity (Wildman–Crippen MR) is 102 cm³/mol. The van der Waals surface area contributed by atoms with Crippen LogP contribution in [0.15, 0.2) is 48.5 Å². The molecular weight excluding hydrogens is 368 g/mol. The highest BCUT2D eigenvalue weighted by molar-refractivity contribution is 8.13. The van der Waals surface area contributed by atoms with Crippen LogP contribution in [0, 0.1) is 0 Å². The van der Waals surface area contributed by atoms with Crippen LogP contribution in [0.5, 0.6) is 0 Å². The zero-order valence-electron chi connectivity index (χ0n) is 14.3. The molecule has 0 saturated carbocycles. The second-order valence-electron chi connectivity index (χ2n) is 5.99. The van der Waals surface area contributed by atoms with Gasteiger partial charge in [-0.2, -0.15) is 0 Å². The van der Waals surface area contributed by atoms with E-state index in [4.69, 9.17) is 15.6 Å². The zero-order chi connectivity index (χ0) is 19.4. The number of benzene rings is 2. The molecule has 27 heavy (non-hydrogen) atoms. The molecule has 0 aromatic heterocycles. The number of nitrogens with one attached hydrogen (secondary N) is 1. The van der Waals surface area contributed by atoms with Crippen molar-refractivity contribution in [1.29, 1.82) is 0 Å². The zero-order valence-corrected chi connectivity index (χ0v) is 15.1. The molecule has 2 amide bonds. The quantitative estimate of drug-likeness (QED) is 0.702. The molecule has 7 nitrogen and oxygen atoms in total. The van der Waals surface area contributed by atoms with Crippen molar-refractivity contribution >= 4 is 29.1 Å². The molecule has 0 spiro atoms. The second kappa shape index (κ2) is 8.13. The molecule has 8 heteroatoms. The number of hydrogen-bond acceptors (Lipinski definition) is 5. The van der Waals surface area contributed by atoms with E-state index >= 15 is 0 Å². The number of thioether (sulfide) groups is 1. The van der Waals surface area contributed by atoms with Gasteiger partial charge < -0.3 is 20.9 Å². The number of alkyl carbamates (subject to hydrolysis) is 1. The van der Waals surface area contributed by atoms with Crippen LogP contribution in [0.4, 0.5) is 9.59 Å². The van der Waals surface area contributed by atoms with E-state index in [-0.39, 0.29) is 18.3 Å². The highest BCUT2D eigenvalue weighted by Gasteiger charge is 2.29. The third-order valence-electron chi connectivity index (χ3n) is 4.33. The predicted octanol–water partition coefficient (Wildman–Crippen LogP) is 2.79. The van der Waals surface area contributed by atoms with Crippen LogP contribution in [0.1, 0.15) is 17.0 Å². The lowest BCUT2D eigenvalue weighted by Crippen LogP contribution is -2.43. The summed E-state index contributed by atoms with van der Waals surface area (Å²) < 4.78 is 5.29. The van der Waals surface area contributed by atoms with Gasteiger partial charge in [-0.25, -0.2) is 9.59 Å². The minimum absolute atomic E-state index is 0.0785. The molecule has 2 aromatic rings. The molecule has 0 bridgehead atoms. The van der Waals surface area contributed by atoms with E-state index in [1.54, 1.807) is 0 Å². The van der Waals surface area contributed by atoms with Gasteiger partial charge in [0, 0.05) is 11.7 Å². The number of ether oxygens (including phenoxy) is 1. The van der Waals surface area contributed by atoms with Crippen LogP contribution in [-0.4, -0.2) is 40.8 Å². The van der Waals surface area contributed by atoms with Gasteiger partial charge in [0.25, 0.3) is 5.24 Å². The van der Waals surface area contributed by atoms with Crippen molar-refractivity contribution in [3.05, 3.63) is 59.7 Å². The van der Waals surface area contributed by atoms with Crippen LogP contribution in [-0.2, 0) is 9.53 Å². The summed E-state index contributed by atoms with van der Waals surface area (Å²) in [6.07, 6.45) is -0.852. The Kier molecular flexibility index (Phi) is 5.66. The molecule has 0 fully saturated rings. The highest BCUT2D eigenvalue weighted by atomic mass is 32.2. The molecule has 0 aliphatic heterocycles. The molecule has 0 unspecified atom stereocenters.